The van der Waals surface area contributed by atoms with Crippen molar-refractivity contribution in [3.05, 3.63) is 70.8 Å². The lowest BCUT2D eigenvalue weighted by atomic mass is 10.1. The quantitative estimate of drug-likeness (QED) is 0.316. The van der Waals surface area contributed by atoms with Gasteiger partial charge in [-0.05, 0) is 36.4 Å². The van der Waals surface area contributed by atoms with E-state index in [1.54, 1.807) is 0 Å². The predicted molar refractivity (Wildman–Crippen MR) is 113 cm³/mol. The van der Waals surface area contributed by atoms with Crippen LogP contribution in [0, 0.1) is 5.82 Å². The van der Waals surface area contributed by atoms with Gasteiger partial charge in [-0.1, -0.05) is 11.6 Å². The minimum absolute atomic E-state index is 0.0757. The van der Waals surface area contributed by atoms with Crippen LogP contribution in [0.2, 0.25) is 5.02 Å². The van der Waals surface area contributed by atoms with Gasteiger partial charge in [0.1, 0.15) is 22.8 Å². The Labute approximate surface area is 195 Å². The molecule has 0 spiro atoms. The standard InChI is InChI=1S/C22H15ClF4N2O5/c1-11(30)15-9-12(7-8-28-15)29-21(31)19-17(6-4-14(23)20(19)24)33-16-5-3-13(10-18(16)32-2)34-22(25,26)27/h3-10H,1-2H3,(H,28,29,31). The Morgan fingerprint density at radius 1 is 1.03 bits per heavy atom. The van der Waals surface area contributed by atoms with Crippen molar-refractivity contribution >= 4 is 29.0 Å². The number of anilines is 1. The van der Waals surface area contributed by atoms with Gasteiger partial charge < -0.3 is 19.5 Å². The molecule has 178 valence electrons. The lowest BCUT2D eigenvalue weighted by Crippen LogP contribution is -2.17. The minimum atomic E-state index is -4.92. The van der Waals surface area contributed by atoms with E-state index in [2.05, 4.69) is 15.0 Å². The van der Waals surface area contributed by atoms with Gasteiger partial charge in [-0.3, -0.25) is 14.6 Å². The van der Waals surface area contributed by atoms with Crippen molar-refractivity contribution in [3.8, 4) is 23.0 Å². The summed E-state index contributed by atoms with van der Waals surface area (Å²) in [7, 11) is 1.17. The van der Waals surface area contributed by atoms with E-state index in [1.165, 1.54) is 38.4 Å². The van der Waals surface area contributed by atoms with E-state index in [9.17, 15) is 27.2 Å². The van der Waals surface area contributed by atoms with Gasteiger partial charge in [0.05, 0.1) is 12.1 Å². The number of pyridine rings is 1. The van der Waals surface area contributed by atoms with Gasteiger partial charge in [0.15, 0.2) is 23.1 Å². The van der Waals surface area contributed by atoms with E-state index in [4.69, 9.17) is 21.1 Å². The monoisotopic (exact) mass is 498 g/mol. The molecule has 7 nitrogen and oxygen atoms in total. The zero-order valence-electron chi connectivity index (χ0n) is 17.5. The minimum Gasteiger partial charge on any atom is -0.493 e. The Hall–Kier alpha value is -3.86. The first kappa shape index (κ1) is 24.8. The Morgan fingerprint density at radius 3 is 2.38 bits per heavy atom. The molecule has 0 fully saturated rings. The van der Waals surface area contributed by atoms with E-state index in [0.717, 1.165) is 24.3 Å². The molecule has 3 aromatic rings. The molecule has 1 heterocycles. The average molecular weight is 499 g/mol. The molecule has 1 aromatic heterocycles. The fraction of sp³-hybridized carbons (Fsp3) is 0.136. The number of alkyl halides is 3. The number of hydrogen-bond donors (Lipinski definition) is 1. The van der Waals surface area contributed by atoms with Crippen LogP contribution in [0.1, 0.15) is 27.8 Å². The SMILES string of the molecule is COc1cc(OC(F)(F)F)ccc1Oc1ccc(Cl)c(F)c1C(=O)Nc1ccnc(C(C)=O)c1. The smallest absolute Gasteiger partial charge is 0.493 e. The van der Waals surface area contributed by atoms with E-state index in [-0.39, 0.29) is 39.4 Å². The number of halogens is 5. The van der Waals surface area contributed by atoms with Gasteiger partial charge in [-0.15, -0.1) is 13.2 Å². The Morgan fingerprint density at radius 2 is 1.74 bits per heavy atom. The van der Waals surface area contributed by atoms with Gasteiger partial charge in [0, 0.05) is 24.9 Å². The number of amides is 1. The first-order valence-electron chi connectivity index (χ1n) is 9.36. The van der Waals surface area contributed by atoms with Crippen LogP contribution in [0.15, 0.2) is 48.7 Å². The highest BCUT2D eigenvalue weighted by molar-refractivity contribution is 6.31. The fourth-order valence-electron chi connectivity index (χ4n) is 2.77. The average Bonchev–Trinajstić information content (AvgIpc) is 2.76. The van der Waals surface area contributed by atoms with Crippen LogP contribution >= 0.6 is 11.6 Å². The highest BCUT2D eigenvalue weighted by Crippen LogP contribution is 2.38. The summed E-state index contributed by atoms with van der Waals surface area (Å²) in [6, 6.07) is 7.98. The highest BCUT2D eigenvalue weighted by Gasteiger charge is 2.31. The molecule has 1 N–H and O–H groups in total. The molecule has 12 heteroatoms. The second kappa shape index (κ2) is 9.96. The summed E-state index contributed by atoms with van der Waals surface area (Å²) in [5, 5.41) is 2.05. The van der Waals surface area contributed by atoms with Crippen LogP contribution in [-0.4, -0.2) is 30.1 Å². The van der Waals surface area contributed by atoms with Crippen molar-refractivity contribution in [2.45, 2.75) is 13.3 Å². The summed E-state index contributed by atoms with van der Waals surface area (Å²) in [6.07, 6.45) is -3.64. The fourth-order valence-corrected chi connectivity index (χ4v) is 2.93. The highest BCUT2D eigenvalue weighted by atomic mass is 35.5. The number of aromatic nitrogens is 1. The number of carbonyl (C=O) groups excluding carboxylic acids is 2. The van der Waals surface area contributed by atoms with Crippen LogP contribution < -0.4 is 19.5 Å². The van der Waals surface area contributed by atoms with Crippen LogP contribution in [0.4, 0.5) is 23.2 Å². The molecule has 0 radical (unpaired) electrons. The molecule has 0 bridgehead atoms. The molecule has 0 aliphatic heterocycles. The van der Waals surface area contributed by atoms with E-state index >= 15 is 0 Å². The Balaban J connectivity index is 1.95. The maximum atomic E-state index is 14.8. The molecule has 0 atom stereocenters. The molecule has 34 heavy (non-hydrogen) atoms. The van der Waals surface area contributed by atoms with Gasteiger partial charge in [-0.25, -0.2) is 4.39 Å². The van der Waals surface area contributed by atoms with Crippen LogP contribution in [-0.2, 0) is 0 Å². The van der Waals surface area contributed by atoms with Gasteiger partial charge >= 0.3 is 6.36 Å². The summed E-state index contributed by atoms with van der Waals surface area (Å²) >= 11 is 5.83. The molecule has 2 aromatic carbocycles. The van der Waals surface area contributed by atoms with E-state index < -0.39 is 29.4 Å². The van der Waals surface area contributed by atoms with Crippen molar-refractivity contribution in [2.24, 2.45) is 0 Å². The predicted octanol–water partition coefficient (Wildman–Crippen LogP) is 6.03. The molecule has 0 saturated carbocycles. The number of Topliss-reactive ketones (excluding diaryl/α,β-unsaturated/α-hetero) is 1. The number of rotatable bonds is 7. The van der Waals surface area contributed by atoms with E-state index in [1.807, 2.05) is 0 Å². The second-order valence-corrected chi connectivity index (χ2v) is 7.04. The summed E-state index contributed by atoms with van der Waals surface area (Å²) < 4.78 is 66.7. The summed E-state index contributed by atoms with van der Waals surface area (Å²) in [4.78, 5) is 28.2. The maximum absolute atomic E-state index is 14.8. The molecule has 1 amide bonds. The van der Waals surface area contributed by atoms with E-state index in [0.29, 0.717) is 0 Å². The number of hydrogen-bond acceptors (Lipinski definition) is 6. The van der Waals surface area contributed by atoms with Crippen molar-refractivity contribution in [1.82, 2.24) is 4.98 Å². The maximum Gasteiger partial charge on any atom is 0.573 e. The van der Waals surface area contributed by atoms with Crippen molar-refractivity contribution in [1.29, 1.82) is 0 Å². The molecule has 0 aliphatic carbocycles. The zero-order valence-corrected chi connectivity index (χ0v) is 18.3. The van der Waals surface area contributed by atoms with Crippen LogP contribution in [0.5, 0.6) is 23.0 Å². The molecule has 0 saturated heterocycles. The van der Waals surface area contributed by atoms with Gasteiger partial charge in [-0.2, -0.15) is 0 Å². The van der Waals surface area contributed by atoms with Crippen molar-refractivity contribution in [2.75, 3.05) is 12.4 Å². The number of methoxy groups -OCH3 is 1. The van der Waals surface area contributed by atoms with Crippen molar-refractivity contribution in [3.63, 3.8) is 0 Å². The molecule has 0 aliphatic rings. The third-order valence-electron chi connectivity index (χ3n) is 4.25. The first-order valence-corrected chi connectivity index (χ1v) is 9.74. The van der Waals surface area contributed by atoms with Crippen LogP contribution in [0.25, 0.3) is 0 Å². The summed E-state index contributed by atoms with van der Waals surface area (Å²) in [5.74, 6) is -3.60. The number of nitrogens with one attached hydrogen (secondary N) is 1. The number of ether oxygens (including phenoxy) is 3. The molecule has 3 rings (SSSR count). The Bertz CT molecular complexity index is 1250. The van der Waals surface area contributed by atoms with Crippen molar-refractivity contribution < 1.29 is 41.4 Å². The lowest BCUT2D eigenvalue weighted by Gasteiger charge is -2.16. The van der Waals surface area contributed by atoms with Gasteiger partial charge in [0.25, 0.3) is 5.91 Å². The molecular weight excluding hydrogens is 484 g/mol. The number of benzene rings is 2. The molecular formula is C22H15ClF4N2O5. The topological polar surface area (TPSA) is 86.8 Å². The summed E-state index contributed by atoms with van der Waals surface area (Å²) in [6.45, 7) is 1.29. The Kier molecular flexibility index (Phi) is 7.26. The molecule has 0 unspecified atom stereocenters. The zero-order chi connectivity index (χ0) is 25.0. The van der Waals surface area contributed by atoms with Crippen LogP contribution in [0.3, 0.4) is 0 Å². The number of nitrogens with zero attached hydrogens (tertiary/aromatic N) is 1. The number of ketones is 1. The normalized spacial score (nSPS) is 11.0. The third-order valence-corrected chi connectivity index (χ3v) is 4.54. The number of carbonyl (C=O) groups is 2. The lowest BCUT2D eigenvalue weighted by molar-refractivity contribution is -0.274. The van der Waals surface area contributed by atoms with Gasteiger partial charge in [0.2, 0.25) is 0 Å². The third kappa shape index (κ3) is 5.93. The summed E-state index contributed by atoms with van der Waals surface area (Å²) in [5.41, 5.74) is -0.361. The first-order chi connectivity index (χ1) is 16.0. The largest absolute Gasteiger partial charge is 0.573 e. The second-order valence-electron chi connectivity index (χ2n) is 6.64.